The van der Waals surface area contributed by atoms with E-state index in [0.717, 1.165) is 50.5 Å². The summed E-state index contributed by atoms with van der Waals surface area (Å²) in [5.74, 6) is 3.53. The lowest BCUT2D eigenvalue weighted by atomic mass is 9.61. The van der Waals surface area contributed by atoms with E-state index in [1.165, 1.54) is 114 Å². The quantitative estimate of drug-likeness (QED) is 0.137. The predicted octanol–water partition coefficient (Wildman–Crippen LogP) is 22.4. The van der Waals surface area contributed by atoms with Gasteiger partial charge in [0.05, 0.1) is 56.7 Å². The Labute approximate surface area is 546 Å². The zero-order valence-corrected chi connectivity index (χ0v) is 52.0. The van der Waals surface area contributed by atoms with Gasteiger partial charge in [0.1, 0.15) is 0 Å². The standard InChI is InChI=1S/C88H62N6/c1-54-66-45-68-46-67(54)48-69(47-66)87-83(60-17-7-3-8-18-60)85(84(82(86(68)87)59-15-5-2-6-16-59)61-33-35-63(36-34-61)88-91-76(57-29-25-55(52-89)26-30-57)51-77(92-88)58-31-27-56(53-90)28-32-58)62-37-41-71(42-38-62)93-79-24-14-12-22-73(79)75-49-64(40-44-80(75)93)65-39-43-74-72-21-11-13-23-78(72)94(81(74)50-65)70-19-9-4-10-20-70/h2-44,49-51,54,66-69H,45-48H2,1H3. The molecule has 94 heavy (non-hydrogen) atoms. The molecule has 6 nitrogen and oxygen atoms in total. The van der Waals surface area contributed by atoms with E-state index in [1.54, 1.807) is 11.1 Å². The molecule has 3 heterocycles. The van der Waals surface area contributed by atoms with Crippen LogP contribution < -0.4 is 0 Å². The van der Waals surface area contributed by atoms with Crippen LogP contribution in [0.3, 0.4) is 0 Å². The molecule has 444 valence electrons. The molecule has 15 aromatic rings. The Kier molecular flexibility index (Phi) is 13.1. The van der Waals surface area contributed by atoms with Crippen LogP contribution in [0.5, 0.6) is 0 Å². The Bertz CT molecular complexity index is 5490. The number of rotatable bonds is 10. The van der Waals surface area contributed by atoms with E-state index >= 15 is 0 Å². The van der Waals surface area contributed by atoms with Crippen molar-refractivity contribution in [1.82, 2.24) is 19.1 Å². The highest BCUT2D eigenvalue weighted by molar-refractivity contribution is 6.13. The average molecular weight is 1200 g/mol. The van der Waals surface area contributed by atoms with E-state index in [9.17, 15) is 10.5 Å². The lowest BCUT2D eigenvalue weighted by molar-refractivity contribution is 0.0885. The highest BCUT2D eigenvalue weighted by Gasteiger charge is 2.49. The Morgan fingerprint density at radius 3 is 1.23 bits per heavy atom. The first-order valence-corrected chi connectivity index (χ1v) is 33.0. The third kappa shape index (κ3) is 9.04. The van der Waals surface area contributed by atoms with E-state index in [4.69, 9.17) is 9.97 Å². The van der Waals surface area contributed by atoms with Crippen LogP contribution >= 0.6 is 0 Å². The first-order chi connectivity index (χ1) is 46.4. The van der Waals surface area contributed by atoms with Crippen LogP contribution in [0, 0.1) is 40.4 Å². The molecule has 2 unspecified atom stereocenters. The maximum atomic E-state index is 9.71. The van der Waals surface area contributed by atoms with Crippen LogP contribution in [0.4, 0.5) is 0 Å². The number of fused-ring (bicyclic) bond motifs is 6. The van der Waals surface area contributed by atoms with Gasteiger partial charge < -0.3 is 9.13 Å². The fraction of sp³-hybridized carbons (Fsp3) is 0.114. The molecule has 0 amide bonds. The maximum absolute atomic E-state index is 9.71. The van der Waals surface area contributed by atoms with Gasteiger partial charge in [-0.3, -0.25) is 0 Å². The van der Waals surface area contributed by atoms with Gasteiger partial charge in [0, 0.05) is 49.6 Å². The van der Waals surface area contributed by atoms with E-state index < -0.39 is 0 Å². The number of hydrogen-bond donors (Lipinski definition) is 0. The van der Waals surface area contributed by atoms with Crippen molar-refractivity contribution >= 4 is 43.6 Å². The van der Waals surface area contributed by atoms with Gasteiger partial charge in [-0.1, -0.05) is 201 Å². The van der Waals surface area contributed by atoms with Gasteiger partial charge in [0.2, 0.25) is 0 Å². The zero-order chi connectivity index (χ0) is 62.5. The molecule has 6 heteroatoms. The molecule has 4 aliphatic carbocycles. The van der Waals surface area contributed by atoms with Crippen molar-refractivity contribution in [2.45, 2.75) is 44.4 Å². The van der Waals surface area contributed by atoms with Crippen LogP contribution in [-0.4, -0.2) is 19.1 Å². The molecule has 0 saturated heterocycles. The third-order valence-electron chi connectivity index (χ3n) is 21.2. The minimum absolute atomic E-state index is 0.430. The van der Waals surface area contributed by atoms with E-state index in [2.05, 4.69) is 253 Å². The van der Waals surface area contributed by atoms with Gasteiger partial charge in [-0.2, -0.15) is 10.5 Å². The minimum Gasteiger partial charge on any atom is -0.309 e. The molecule has 2 fully saturated rings. The molecule has 0 spiro atoms. The van der Waals surface area contributed by atoms with Crippen LogP contribution in [0.1, 0.15) is 66.7 Å². The summed E-state index contributed by atoms with van der Waals surface area (Å²) in [4.78, 5) is 10.5. The lowest BCUT2D eigenvalue weighted by Crippen LogP contribution is -2.34. The summed E-state index contributed by atoms with van der Waals surface area (Å²) < 4.78 is 4.86. The second-order valence-corrected chi connectivity index (χ2v) is 26.2. The van der Waals surface area contributed by atoms with Crippen LogP contribution in [0.25, 0.3) is 145 Å². The molecule has 2 atom stereocenters. The van der Waals surface area contributed by atoms with Gasteiger partial charge in [0.25, 0.3) is 0 Å². The highest BCUT2D eigenvalue weighted by atomic mass is 15.0. The first-order valence-electron chi connectivity index (χ1n) is 33.0. The van der Waals surface area contributed by atoms with E-state index in [0.29, 0.717) is 46.5 Å². The third-order valence-corrected chi connectivity index (χ3v) is 21.2. The molecular formula is C88H62N6. The van der Waals surface area contributed by atoms with Gasteiger partial charge >= 0.3 is 0 Å². The van der Waals surface area contributed by atoms with Crippen molar-refractivity contribution in [1.29, 1.82) is 10.5 Å². The van der Waals surface area contributed by atoms with E-state index in [-0.39, 0.29) is 0 Å². The Morgan fingerprint density at radius 2 is 0.702 bits per heavy atom. The second-order valence-electron chi connectivity index (χ2n) is 26.2. The largest absolute Gasteiger partial charge is 0.309 e. The number of para-hydroxylation sites is 3. The van der Waals surface area contributed by atoms with Gasteiger partial charge in [0.15, 0.2) is 5.82 Å². The van der Waals surface area contributed by atoms with Crippen molar-refractivity contribution in [3.8, 4) is 113 Å². The normalized spacial score (nSPS) is 17.1. The van der Waals surface area contributed by atoms with E-state index in [1.807, 2.05) is 54.6 Å². The molecule has 3 aromatic heterocycles. The Hall–Kier alpha value is -11.7. The number of nitriles is 2. The molecule has 0 N–H and O–H groups in total. The average Bonchev–Trinajstić information content (AvgIpc) is 1.38. The number of hydrogen-bond acceptors (Lipinski definition) is 4. The zero-order valence-electron chi connectivity index (χ0n) is 52.0. The second kappa shape index (κ2) is 22.3. The molecule has 0 aliphatic heterocycles. The summed E-state index contributed by atoms with van der Waals surface area (Å²) in [7, 11) is 0. The minimum atomic E-state index is 0.430. The SMILES string of the molecule is CC1C2CC3CC1CC(C2)c1c(-c2ccccc2)c(-c2ccc(-n4c5ccccc5c5cc(-c6ccc7c8ccccc8n(-c8ccccc8)c7c6)ccc54)cc2)c(-c2ccc(-c4nc(-c5ccc(C#N)cc5)cc(-c5ccc(C#N)cc5)n4)cc2)c(-c2ccccc2)c13. The molecule has 0 radical (unpaired) electrons. The van der Waals surface area contributed by atoms with Crippen LogP contribution in [0.15, 0.2) is 279 Å². The van der Waals surface area contributed by atoms with Crippen molar-refractivity contribution in [2.75, 3.05) is 0 Å². The summed E-state index contributed by atoms with van der Waals surface area (Å²) in [5, 5.41) is 24.3. The summed E-state index contributed by atoms with van der Waals surface area (Å²) in [6, 6.07) is 105. The molecule has 4 aliphatic rings. The van der Waals surface area contributed by atoms with Gasteiger partial charge in [-0.15, -0.1) is 0 Å². The Morgan fingerprint density at radius 1 is 0.319 bits per heavy atom. The van der Waals surface area contributed by atoms with Crippen molar-refractivity contribution < 1.29 is 0 Å². The number of aromatic nitrogens is 4. The van der Waals surface area contributed by atoms with Gasteiger partial charge in [-0.05, 0) is 207 Å². The molecule has 4 bridgehead atoms. The number of benzene rings is 12. The van der Waals surface area contributed by atoms with Crippen molar-refractivity contribution in [2.24, 2.45) is 17.8 Å². The lowest BCUT2D eigenvalue weighted by Gasteiger charge is -2.44. The van der Waals surface area contributed by atoms with Crippen molar-refractivity contribution in [3.63, 3.8) is 0 Å². The molecule has 19 rings (SSSR count). The monoisotopic (exact) mass is 1200 g/mol. The summed E-state index contributed by atoms with van der Waals surface area (Å²) >= 11 is 0. The predicted molar refractivity (Wildman–Crippen MR) is 384 cm³/mol. The maximum Gasteiger partial charge on any atom is 0.160 e. The molecule has 2 saturated carbocycles. The topological polar surface area (TPSA) is 83.2 Å². The van der Waals surface area contributed by atoms with Gasteiger partial charge in [-0.25, -0.2) is 9.97 Å². The fourth-order valence-electron chi connectivity index (χ4n) is 16.9. The molecule has 12 aromatic carbocycles. The van der Waals surface area contributed by atoms with Crippen molar-refractivity contribution in [3.05, 3.63) is 301 Å². The first kappa shape index (κ1) is 55.2. The van der Waals surface area contributed by atoms with Crippen LogP contribution in [0.2, 0.25) is 0 Å². The Balaban J connectivity index is 0.825. The number of nitrogens with zero attached hydrogens (tertiary/aromatic N) is 6. The summed E-state index contributed by atoms with van der Waals surface area (Å²) in [5.41, 5.74) is 27.8. The summed E-state index contributed by atoms with van der Waals surface area (Å²) in [6.45, 7) is 2.55. The smallest absolute Gasteiger partial charge is 0.160 e. The fourth-order valence-corrected chi connectivity index (χ4v) is 16.9. The highest BCUT2D eigenvalue weighted by Crippen LogP contribution is 2.64. The summed E-state index contributed by atoms with van der Waals surface area (Å²) in [6.07, 6.45) is 4.86. The van der Waals surface area contributed by atoms with Crippen LogP contribution in [-0.2, 0) is 0 Å². The molecular weight excluding hydrogens is 1140 g/mol.